The number of thioether (sulfide) groups is 2. The third-order valence-electron chi connectivity index (χ3n) is 14.4. The van der Waals surface area contributed by atoms with Crippen molar-refractivity contribution >= 4 is 59.0 Å². The molecular formula is C50H74N8O8S2. The first-order valence-corrected chi connectivity index (χ1v) is 25.9. The summed E-state index contributed by atoms with van der Waals surface area (Å²) in [5.74, 6) is -2.57. The molecule has 12 atom stereocenters. The second kappa shape index (κ2) is 23.1. The molecule has 6 rings (SSSR count). The van der Waals surface area contributed by atoms with Gasteiger partial charge in [0.05, 0.1) is 36.0 Å². The summed E-state index contributed by atoms with van der Waals surface area (Å²) in [5, 5.41) is 11.0. The number of carbonyl (C=O) groups excluding carboxylic acids is 6. The van der Waals surface area contributed by atoms with Gasteiger partial charge >= 0.3 is 0 Å². The molecule has 0 aliphatic carbocycles. The standard InChI is InChI=1S/C50H74N8O8S2/c1-29(53-7)45(61)55-35-23-37(67-39-25-49(3,4)41(43(51)59)57(39)47(35)63)33(31-17-11-9-12-18-31)27-65-21-15-16-22-66-28-34(32-19-13-10-14-20-32)38-24-36(56-46(62)30(2)54-8)48(64)58-40(68-38)26-50(5,6)42(58)44(52)60/h9-14,17-20,29-30,33-42,53-54H,15-16,21-28H2,1-8H3,(H2,51,59)(H2,52,60)(H,55,61)(H,56,62)/t29-,30-,33+,34+,35?,36?,37?,38?,39?,40?,41?,42?/m0/s1. The fourth-order valence-electron chi connectivity index (χ4n) is 10.4. The summed E-state index contributed by atoms with van der Waals surface area (Å²) < 4.78 is 12.9. The largest absolute Gasteiger partial charge is 0.381 e. The van der Waals surface area contributed by atoms with Crippen LogP contribution in [-0.4, -0.2) is 143 Å². The molecule has 4 heterocycles. The van der Waals surface area contributed by atoms with Crippen LogP contribution in [0.4, 0.5) is 0 Å². The van der Waals surface area contributed by atoms with E-state index in [1.54, 1.807) is 61.3 Å². The van der Waals surface area contributed by atoms with Gasteiger partial charge in [0.2, 0.25) is 35.4 Å². The molecule has 18 heteroatoms. The van der Waals surface area contributed by atoms with Crippen molar-refractivity contribution in [3.8, 4) is 0 Å². The van der Waals surface area contributed by atoms with E-state index in [1.807, 2.05) is 64.1 Å². The molecule has 4 fully saturated rings. The fraction of sp³-hybridized carbons (Fsp3) is 0.640. The molecule has 374 valence electrons. The maximum atomic E-state index is 14.4. The Morgan fingerprint density at radius 1 is 0.647 bits per heavy atom. The summed E-state index contributed by atoms with van der Waals surface area (Å²) in [6, 6.07) is 15.8. The van der Waals surface area contributed by atoms with E-state index in [1.165, 1.54) is 0 Å². The van der Waals surface area contributed by atoms with Crippen molar-refractivity contribution in [3.63, 3.8) is 0 Å². The Kier molecular flexibility index (Phi) is 18.1. The van der Waals surface area contributed by atoms with Gasteiger partial charge in [-0.25, -0.2) is 0 Å². The second-order valence-corrected chi connectivity index (χ2v) is 23.1. The molecule has 0 radical (unpaired) electrons. The first kappa shape index (κ1) is 53.2. The number of nitrogens with zero attached hydrogens (tertiary/aromatic N) is 2. The number of rotatable bonds is 21. The highest BCUT2D eigenvalue weighted by Gasteiger charge is 2.57. The molecule has 4 aliphatic heterocycles. The predicted molar refractivity (Wildman–Crippen MR) is 266 cm³/mol. The molecule has 2 aromatic rings. The fourth-order valence-corrected chi connectivity index (χ4v) is 14.5. The molecule has 0 spiro atoms. The zero-order valence-electron chi connectivity index (χ0n) is 40.9. The lowest BCUT2D eigenvalue weighted by atomic mass is 9.84. The molecule has 4 aliphatic rings. The van der Waals surface area contributed by atoms with Crippen molar-refractivity contribution < 1.29 is 38.2 Å². The number of primary amides is 2. The molecule has 0 saturated carbocycles. The van der Waals surface area contributed by atoms with Crippen LogP contribution in [-0.2, 0) is 38.2 Å². The van der Waals surface area contributed by atoms with Crippen LogP contribution in [0.1, 0.15) is 103 Å². The average Bonchev–Trinajstić information content (AvgIpc) is 3.64. The zero-order valence-corrected chi connectivity index (χ0v) is 42.5. The normalized spacial score (nSPS) is 28.3. The van der Waals surface area contributed by atoms with Gasteiger partial charge in [-0.2, -0.15) is 0 Å². The quantitative estimate of drug-likeness (QED) is 0.0990. The molecule has 8 N–H and O–H groups in total. The number of ether oxygens (including phenoxy) is 2. The summed E-state index contributed by atoms with van der Waals surface area (Å²) in [7, 11) is 3.38. The lowest BCUT2D eigenvalue weighted by molar-refractivity contribution is -0.142. The number of nitrogens with two attached hydrogens (primary N) is 2. The van der Waals surface area contributed by atoms with Crippen molar-refractivity contribution in [2.45, 2.75) is 149 Å². The molecule has 68 heavy (non-hydrogen) atoms. The van der Waals surface area contributed by atoms with E-state index in [9.17, 15) is 28.8 Å². The third-order valence-corrected chi connectivity index (χ3v) is 17.5. The number of hydrogen-bond donors (Lipinski definition) is 6. The van der Waals surface area contributed by atoms with Gasteiger partial charge in [-0.05, 0) is 88.4 Å². The first-order valence-electron chi connectivity index (χ1n) is 24.0. The van der Waals surface area contributed by atoms with E-state index < -0.39 is 58.9 Å². The van der Waals surface area contributed by atoms with Crippen molar-refractivity contribution in [1.29, 1.82) is 0 Å². The van der Waals surface area contributed by atoms with Gasteiger partial charge in [0.15, 0.2) is 0 Å². The Balaban J connectivity index is 1.12. The van der Waals surface area contributed by atoms with Crippen LogP contribution in [0.25, 0.3) is 0 Å². The first-order chi connectivity index (χ1) is 32.3. The highest BCUT2D eigenvalue weighted by molar-refractivity contribution is 8.00. The summed E-state index contributed by atoms with van der Waals surface area (Å²) in [4.78, 5) is 84.4. The van der Waals surface area contributed by atoms with Crippen LogP contribution in [0.15, 0.2) is 60.7 Å². The predicted octanol–water partition coefficient (Wildman–Crippen LogP) is 3.44. The van der Waals surface area contributed by atoms with E-state index >= 15 is 0 Å². The van der Waals surface area contributed by atoms with Crippen LogP contribution in [0.2, 0.25) is 0 Å². The number of fused-ring (bicyclic) bond motifs is 2. The molecule has 0 aromatic heterocycles. The molecule has 2 aromatic carbocycles. The summed E-state index contributed by atoms with van der Waals surface area (Å²) in [6.45, 7) is 13.0. The number of unbranched alkanes of at least 4 members (excludes halogenated alkanes) is 1. The molecule has 4 saturated heterocycles. The van der Waals surface area contributed by atoms with Gasteiger partial charge < -0.3 is 52.0 Å². The third kappa shape index (κ3) is 12.2. The molecule has 6 amide bonds. The highest BCUT2D eigenvalue weighted by Crippen LogP contribution is 2.51. The number of amides is 6. The number of hydrogen-bond acceptors (Lipinski definition) is 12. The van der Waals surface area contributed by atoms with E-state index in [-0.39, 0.29) is 56.7 Å². The van der Waals surface area contributed by atoms with Crippen molar-refractivity contribution in [2.75, 3.05) is 40.5 Å². The number of carbonyl (C=O) groups is 6. The number of nitrogens with one attached hydrogen (secondary N) is 4. The van der Waals surface area contributed by atoms with Gasteiger partial charge in [-0.1, -0.05) is 88.4 Å². The summed E-state index contributed by atoms with van der Waals surface area (Å²) >= 11 is 3.32. The van der Waals surface area contributed by atoms with E-state index in [0.717, 1.165) is 24.0 Å². The average molecular weight is 979 g/mol. The second-order valence-electron chi connectivity index (χ2n) is 20.3. The zero-order chi connectivity index (χ0) is 49.5. The molecule has 0 bridgehead atoms. The van der Waals surface area contributed by atoms with Gasteiger partial charge in [0.1, 0.15) is 24.2 Å². The topological polar surface area (TPSA) is 228 Å². The SMILES string of the molecule is CN[C@@H](C)C(=O)NC1CC([C@H](COCCCCOC[C@H](c2ccccc2)C2CC(NC(=O)[C@H](C)NC)C(=O)N3C(CC(C)(C)C3C(N)=O)S2)c2ccccc2)SC2CC(C)(C)C(C(N)=O)N2C1=O. The Hall–Kier alpha value is -4.20. The summed E-state index contributed by atoms with van der Waals surface area (Å²) in [6.07, 6.45) is 3.30. The minimum atomic E-state index is -0.862. The minimum Gasteiger partial charge on any atom is -0.381 e. The molecule has 16 nitrogen and oxygen atoms in total. The summed E-state index contributed by atoms with van der Waals surface area (Å²) in [5.41, 5.74) is 12.9. The van der Waals surface area contributed by atoms with E-state index in [0.29, 0.717) is 52.1 Å². The number of benzene rings is 2. The van der Waals surface area contributed by atoms with Crippen LogP contribution < -0.4 is 32.7 Å². The van der Waals surface area contributed by atoms with Gasteiger partial charge in [-0.3, -0.25) is 28.8 Å². The smallest absolute Gasteiger partial charge is 0.246 e. The lowest BCUT2D eigenvalue weighted by Crippen LogP contribution is -2.57. The molecule has 8 unspecified atom stereocenters. The maximum Gasteiger partial charge on any atom is 0.246 e. The van der Waals surface area contributed by atoms with Gasteiger partial charge in [0.25, 0.3) is 0 Å². The monoisotopic (exact) mass is 979 g/mol. The van der Waals surface area contributed by atoms with Crippen molar-refractivity contribution in [2.24, 2.45) is 22.3 Å². The Morgan fingerprint density at radius 2 is 1.00 bits per heavy atom. The van der Waals surface area contributed by atoms with E-state index in [2.05, 4.69) is 45.5 Å². The number of likely N-dealkylation sites (N-methyl/N-ethyl adjacent to an activating group) is 2. The van der Waals surface area contributed by atoms with Crippen molar-refractivity contribution in [1.82, 2.24) is 31.1 Å². The van der Waals surface area contributed by atoms with Gasteiger partial charge in [-0.15, -0.1) is 23.5 Å². The Morgan fingerprint density at radius 3 is 1.32 bits per heavy atom. The van der Waals surface area contributed by atoms with Crippen molar-refractivity contribution in [3.05, 3.63) is 71.8 Å². The highest BCUT2D eigenvalue weighted by atomic mass is 32.2. The van der Waals surface area contributed by atoms with E-state index in [4.69, 9.17) is 20.9 Å². The van der Waals surface area contributed by atoms with Crippen LogP contribution in [0.3, 0.4) is 0 Å². The lowest BCUT2D eigenvalue weighted by Gasteiger charge is -2.32. The minimum absolute atomic E-state index is 0.132. The van der Waals surface area contributed by atoms with Crippen LogP contribution in [0.5, 0.6) is 0 Å². The van der Waals surface area contributed by atoms with Crippen LogP contribution in [0, 0.1) is 10.8 Å². The molecular weight excluding hydrogens is 905 g/mol. The maximum absolute atomic E-state index is 14.4. The Labute approximate surface area is 410 Å². The van der Waals surface area contributed by atoms with Gasteiger partial charge in [0, 0.05) is 35.5 Å². The Bertz CT molecular complexity index is 1940. The van der Waals surface area contributed by atoms with Crippen LogP contribution >= 0.6 is 23.5 Å².